The van der Waals surface area contributed by atoms with E-state index in [1.54, 1.807) is 0 Å². The number of nitrogens with zero attached hydrogens (tertiary/aromatic N) is 4. The minimum atomic E-state index is -5.08. The second-order valence-electron chi connectivity index (χ2n) is 9.08. The number of hydrogen-bond donors (Lipinski definition) is 3. The Bertz CT molecular complexity index is 1480. The Morgan fingerprint density at radius 3 is 2.33 bits per heavy atom. The summed E-state index contributed by atoms with van der Waals surface area (Å²) in [5, 5.41) is 18.2. The van der Waals surface area contributed by atoms with Crippen LogP contribution in [-0.4, -0.2) is 74.5 Å². The Kier molecular flexibility index (Phi) is 9.93. The van der Waals surface area contributed by atoms with E-state index in [0.717, 1.165) is 29.6 Å². The van der Waals surface area contributed by atoms with Crippen LogP contribution in [0.3, 0.4) is 0 Å². The van der Waals surface area contributed by atoms with Crippen LogP contribution in [0.4, 0.5) is 24.9 Å². The first-order valence-corrected chi connectivity index (χ1v) is 14.0. The quantitative estimate of drug-likeness (QED) is 0.361. The number of hydrogen-bond acceptors (Lipinski definition) is 8. The minimum Gasteiger partial charge on any atom is -0.505 e. The third kappa shape index (κ3) is 7.77. The van der Waals surface area contributed by atoms with E-state index in [1.807, 2.05) is 43.3 Å². The summed E-state index contributed by atoms with van der Waals surface area (Å²) >= 11 is 11.8. The third-order valence-electron chi connectivity index (χ3n) is 5.98. The number of carbonyl (C=O) groups is 1. The molecule has 3 aromatic rings. The maximum absolute atomic E-state index is 12.7. The lowest BCUT2D eigenvalue weighted by Gasteiger charge is -2.32. The first kappa shape index (κ1) is 31.5. The number of piperidine rings is 1. The van der Waals surface area contributed by atoms with Crippen molar-refractivity contribution in [2.45, 2.75) is 23.9 Å². The largest absolute Gasteiger partial charge is 0.505 e. The van der Waals surface area contributed by atoms with Crippen LogP contribution in [-0.2, 0) is 14.8 Å². The summed E-state index contributed by atoms with van der Waals surface area (Å²) in [5.41, 5.74) is 0.890. The van der Waals surface area contributed by atoms with Gasteiger partial charge in [-0.15, -0.1) is 0 Å². The molecular formula is C24H26Cl2F3N5O5S. The van der Waals surface area contributed by atoms with E-state index in [2.05, 4.69) is 9.62 Å². The molecule has 2 heterocycles. The van der Waals surface area contributed by atoms with Gasteiger partial charge in [-0.25, -0.2) is 22.9 Å². The molecule has 1 aliphatic heterocycles. The van der Waals surface area contributed by atoms with Crippen molar-refractivity contribution in [2.24, 2.45) is 5.92 Å². The molecule has 0 unspecified atom stereocenters. The van der Waals surface area contributed by atoms with Crippen molar-refractivity contribution in [1.29, 1.82) is 0 Å². The number of aromatic nitrogens is 2. The summed E-state index contributed by atoms with van der Waals surface area (Å²) in [5.74, 6) is -1.58. The highest BCUT2D eigenvalue weighted by Crippen LogP contribution is 2.34. The molecule has 1 saturated heterocycles. The summed E-state index contributed by atoms with van der Waals surface area (Å²) in [6.45, 7) is 1.68. The first-order valence-electron chi connectivity index (χ1n) is 11.8. The number of anilines is 2. The maximum atomic E-state index is 12.7. The van der Waals surface area contributed by atoms with Gasteiger partial charge in [-0.3, -0.25) is 0 Å². The van der Waals surface area contributed by atoms with E-state index < -0.39 is 27.9 Å². The second kappa shape index (κ2) is 12.6. The Labute approximate surface area is 238 Å². The second-order valence-corrected chi connectivity index (χ2v) is 11.7. The number of nitrogens with one attached hydrogen (secondary N) is 1. The molecule has 2 aromatic carbocycles. The molecule has 40 heavy (non-hydrogen) atoms. The molecular weight excluding hydrogens is 598 g/mol. The molecule has 0 bridgehead atoms. The van der Waals surface area contributed by atoms with Crippen molar-refractivity contribution in [2.75, 3.05) is 43.5 Å². The number of para-hydroxylation sites is 1. The number of alkyl halides is 3. The number of fused-ring (bicyclic) bond motifs is 1. The summed E-state index contributed by atoms with van der Waals surface area (Å²) in [4.78, 5) is 22.2. The van der Waals surface area contributed by atoms with Gasteiger partial charge < -0.3 is 20.0 Å². The van der Waals surface area contributed by atoms with Crippen LogP contribution in [0.15, 0.2) is 41.3 Å². The van der Waals surface area contributed by atoms with E-state index >= 15 is 0 Å². The van der Waals surface area contributed by atoms with Crippen molar-refractivity contribution in [3.63, 3.8) is 0 Å². The lowest BCUT2D eigenvalue weighted by Crippen LogP contribution is -2.39. The lowest BCUT2D eigenvalue weighted by atomic mass is 9.97. The van der Waals surface area contributed by atoms with Crippen LogP contribution in [0, 0.1) is 5.92 Å². The van der Waals surface area contributed by atoms with Gasteiger partial charge >= 0.3 is 12.1 Å². The zero-order valence-electron chi connectivity index (χ0n) is 21.3. The van der Waals surface area contributed by atoms with Crippen molar-refractivity contribution in [3.05, 3.63) is 46.4 Å². The van der Waals surface area contributed by atoms with Gasteiger partial charge in [-0.2, -0.15) is 18.2 Å². The molecule has 1 aromatic heterocycles. The number of sulfonamides is 1. The van der Waals surface area contributed by atoms with Crippen LogP contribution in [0.2, 0.25) is 10.0 Å². The predicted molar refractivity (Wildman–Crippen MR) is 146 cm³/mol. The van der Waals surface area contributed by atoms with Crippen molar-refractivity contribution < 1.29 is 36.6 Å². The van der Waals surface area contributed by atoms with Crippen molar-refractivity contribution in [1.82, 2.24) is 14.7 Å². The zero-order chi connectivity index (χ0) is 29.8. The van der Waals surface area contributed by atoms with Gasteiger partial charge in [0.15, 0.2) is 5.75 Å². The number of carboxylic acid groups (broad SMARTS) is 1. The fourth-order valence-corrected chi connectivity index (χ4v) is 5.79. The number of halogens is 5. The molecule has 0 atom stereocenters. The summed E-state index contributed by atoms with van der Waals surface area (Å²) in [6, 6.07) is 10.4. The standard InChI is InChI=1S/C22H25Cl2N5O3S.C2HF3O2/c1-28(2)21-16-5-3-4-6-18(16)26-22(27-21)29-9-7-14(8-10-29)13-25-33(31,32)19-12-15(23)11-17(24)20(19)30;3-2(4,5)1(6)7/h3-6,11-12,14,25,30H,7-10,13H2,1-2H3;(H,6,7). The molecule has 0 spiro atoms. The van der Waals surface area contributed by atoms with Gasteiger partial charge in [-0.1, -0.05) is 35.3 Å². The van der Waals surface area contributed by atoms with Crippen molar-refractivity contribution >= 4 is 61.9 Å². The Morgan fingerprint density at radius 2 is 1.75 bits per heavy atom. The maximum Gasteiger partial charge on any atom is 0.490 e. The van der Waals surface area contributed by atoms with Crippen LogP contribution >= 0.6 is 23.2 Å². The smallest absolute Gasteiger partial charge is 0.490 e. The molecule has 16 heteroatoms. The van der Waals surface area contributed by atoms with Crippen LogP contribution < -0.4 is 14.5 Å². The van der Waals surface area contributed by atoms with Gasteiger partial charge in [0.2, 0.25) is 16.0 Å². The molecule has 10 nitrogen and oxygen atoms in total. The first-order chi connectivity index (χ1) is 18.6. The zero-order valence-corrected chi connectivity index (χ0v) is 23.6. The number of aliphatic carboxylic acids is 1. The topological polar surface area (TPSA) is 136 Å². The highest BCUT2D eigenvalue weighted by molar-refractivity contribution is 7.89. The fraction of sp³-hybridized carbons (Fsp3) is 0.375. The average Bonchev–Trinajstić information content (AvgIpc) is 2.89. The molecule has 0 aliphatic carbocycles. The minimum absolute atomic E-state index is 0.108. The molecule has 3 N–H and O–H groups in total. The van der Waals surface area contributed by atoms with E-state index in [0.29, 0.717) is 19.0 Å². The summed E-state index contributed by atoms with van der Waals surface area (Å²) in [6.07, 6.45) is -3.53. The van der Waals surface area contributed by atoms with Gasteiger partial charge in [-0.05, 0) is 43.0 Å². The molecule has 0 saturated carbocycles. The molecule has 4 rings (SSSR count). The molecule has 1 fully saturated rings. The van der Waals surface area contributed by atoms with E-state index in [9.17, 15) is 26.7 Å². The Balaban J connectivity index is 0.000000559. The molecule has 0 amide bonds. The van der Waals surface area contributed by atoms with Crippen LogP contribution in [0.25, 0.3) is 10.9 Å². The Hall–Kier alpha value is -3.07. The average molecular weight is 624 g/mol. The summed E-state index contributed by atoms with van der Waals surface area (Å²) in [7, 11) is -0.0330. The number of rotatable bonds is 6. The van der Waals surface area contributed by atoms with Crippen LogP contribution in [0.1, 0.15) is 12.8 Å². The Morgan fingerprint density at radius 1 is 1.15 bits per heavy atom. The number of carboxylic acids is 1. The lowest BCUT2D eigenvalue weighted by molar-refractivity contribution is -0.192. The molecule has 1 aliphatic rings. The van der Waals surface area contributed by atoms with Gasteiger partial charge in [0, 0.05) is 44.1 Å². The number of phenols is 1. The van der Waals surface area contributed by atoms with Crippen molar-refractivity contribution in [3.8, 4) is 5.75 Å². The highest BCUT2D eigenvalue weighted by Gasteiger charge is 2.38. The normalized spacial score (nSPS) is 14.5. The SMILES string of the molecule is CN(C)c1nc(N2CCC(CNS(=O)(=O)c3cc(Cl)cc(Cl)c3O)CC2)nc2ccccc12.O=C(O)C(F)(F)F. The summed E-state index contributed by atoms with van der Waals surface area (Å²) < 4.78 is 59.7. The monoisotopic (exact) mass is 623 g/mol. The molecule has 0 radical (unpaired) electrons. The highest BCUT2D eigenvalue weighted by atomic mass is 35.5. The van der Waals surface area contributed by atoms with E-state index in [4.69, 9.17) is 43.1 Å². The number of aromatic hydroxyl groups is 1. The van der Waals surface area contributed by atoms with Gasteiger partial charge in [0.1, 0.15) is 10.7 Å². The molecule has 218 valence electrons. The third-order valence-corrected chi connectivity index (χ3v) is 7.92. The van der Waals surface area contributed by atoms with E-state index in [-0.39, 0.29) is 27.4 Å². The number of phenolic OH excluding ortho intramolecular Hbond substituents is 1. The van der Waals surface area contributed by atoms with Gasteiger partial charge in [0.25, 0.3) is 0 Å². The fourth-order valence-electron chi connectivity index (χ4n) is 3.92. The predicted octanol–water partition coefficient (Wildman–Crippen LogP) is 4.54. The van der Waals surface area contributed by atoms with Crippen LogP contribution in [0.5, 0.6) is 5.75 Å². The van der Waals surface area contributed by atoms with Gasteiger partial charge in [0.05, 0.1) is 10.5 Å². The van der Waals surface area contributed by atoms with E-state index in [1.165, 1.54) is 12.1 Å². The number of benzene rings is 2.